The van der Waals surface area contributed by atoms with E-state index in [1.165, 1.54) is 44.5 Å². The monoisotopic (exact) mass is 463 g/mol. The zero-order valence-electron chi connectivity index (χ0n) is 20.4. The molecule has 5 aromatic carbocycles. The number of fused-ring (bicyclic) bond motifs is 5. The summed E-state index contributed by atoms with van der Waals surface area (Å²) in [4.78, 5) is 0. The summed E-state index contributed by atoms with van der Waals surface area (Å²) in [5.41, 5.74) is 10.7. The van der Waals surface area contributed by atoms with Gasteiger partial charge in [-0.3, -0.25) is 0 Å². The molecule has 3 atom stereocenters. The molecule has 1 saturated heterocycles. The number of benzene rings is 5. The first-order chi connectivity index (χ1) is 17.8. The van der Waals surface area contributed by atoms with Gasteiger partial charge in [-0.1, -0.05) is 139 Å². The second kappa shape index (κ2) is 8.33. The maximum Gasteiger partial charge on any atom is 0.0496 e. The van der Waals surface area contributed by atoms with E-state index in [-0.39, 0.29) is 23.4 Å². The van der Waals surface area contributed by atoms with Crippen molar-refractivity contribution in [2.24, 2.45) is 0 Å². The van der Waals surface area contributed by atoms with Crippen LogP contribution < -0.4 is 5.32 Å². The second-order valence-corrected chi connectivity index (χ2v) is 10.2. The number of hydrogen-bond acceptors (Lipinski definition) is 1. The van der Waals surface area contributed by atoms with Crippen molar-refractivity contribution in [3.63, 3.8) is 0 Å². The largest absolute Gasteiger partial charge is 0.301 e. The molecule has 7 rings (SSSR count). The Kier molecular flexibility index (Phi) is 4.94. The summed E-state index contributed by atoms with van der Waals surface area (Å²) >= 11 is 0. The molecule has 1 spiro atoms. The second-order valence-electron chi connectivity index (χ2n) is 10.2. The fourth-order valence-corrected chi connectivity index (χ4v) is 6.98. The SMILES string of the molecule is Cc1ccc([C@@H]2[C@H](c3ccccc3)N[C@H](c3ccccc3)C23c2ccccc2-c2ccccc23)cc1. The van der Waals surface area contributed by atoms with Crippen molar-refractivity contribution in [3.05, 3.63) is 167 Å². The van der Waals surface area contributed by atoms with Crippen molar-refractivity contribution in [1.82, 2.24) is 5.32 Å². The first-order valence-corrected chi connectivity index (χ1v) is 12.9. The molecule has 1 N–H and O–H groups in total. The highest BCUT2D eigenvalue weighted by Crippen LogP contribution is 2.67. The van der Waals surface area contributed by atoms with E-state index in [4.69, 9.17) is 0 Å². The van der Waals surface area contributed by atoms with Crippen LogP contribution in [0.25, 0.3) is 11.1 Å². The van der Waals surface area contributed by atoms with Gasteiger partial charge in [-0.05, 0) is 45.9 Å². The van der Waals surface area contributed by atoms with Gasteiger partial charge >= 0.3 is 0 Å². The molecule has 0 radical (unpaired) electrons. The minimum atomic E-state index is -0.246. The van der Waals surface area contributed by atoms with Gasteiger partial charge in [-0.15, -0.1) is 0 Å². The average molecular weight is 464 g/mol. The third kappa shape index (κ3) is 3.00. The smallest absolute Gasteiger partial charge is 0.0496 e. The molecular formula is C35H29N. The maximum absolute atomic E-state index is 4.20. The van der Waals surface area contributed by atoms with Crippen molar-refractivity contribution in [3.8, 4) is 11.1 Å². The van der Waals surface area contributed by atoms with Crippen LogP contribution in [0.1, 0.15) is 51.4 Å². The summed E-state index contributed by atoms with van der Waals surface area (Å²) < 4.78 is 0. The summed E-state index contributed by atoms with van der Waals surface area (Å²) in [5, 5.41) is 4.20. The van der Waals surface area contributed by atoms with Crippen LogP contribution in [-0.4, -0.2) is 0 Å². The number of aryl methyl sites for hydroxylation is 1. The first-order valence-electron chi connectivity index (χ1n) is 12.9. The van der Waals surface area contributed by atoms with Crippen LogP contribution in [0.5, 0.6) is 0 Å². The fraction of sp³-hybridized carbons (Fsp3) is 0.143. The predicted octanol–water partition coefficient (Wildman–Crippen LogP) is 8.13. The van der Waals surface area contributed by atoms with Crippen molar-refractivity contribution in [2.75, 3.05) is 0 Å². The Morgan fingerprint density at radius 3 is 1.58 bits per heavy atom. The summed E-state index contributed by atoms with van der Waals surface area (Å²) in [6, 6.07) is 49.8. The lowest BCUT2D eigenvalue weighted by molar-refractivity contribution is 0.420. The van der Waals surface area contributed by atoms with Crippen LogP contribution in [0.3, 0.4) is 0 Å². The molecule has 174 valence electrons. The molecule has 1 nitrogen and oxygen atoms in total. The highest BCUT2D eigenvalue weighted by Gasteiger charge is 2.61. The third-order valence-corrected chi connectivity index (χ3v) is 8.39. The van der Waals surface area contributed by atoms with E-state index in [9.17, 15) is 0 Å². The average Bonchev–Trinajstić information content (AvgIpc) is 3.45. The summed E-state index contributed by atoms with van der Waals surface area (Å²) in [5.74, 6) is 0.218. The predicted molar refractivity (Wildman–Crippen MR) is 148 cm³/mol. The Hall–Kier alpha value is -3.94. The van der Waals surface area contributed by atoms with Crippen LogP contribution in [0.4, 0.5) is 0 Å². The summed E-state index contributed by atoms with van der Waals surface area (Å²) in [7, 11) is 0. The molecule has 1 aliphatic carbocycles. The van der Waals surface area contributed by atoms with Gasteiger partial charge < -0.3 is 5.32 Å². The molecule has 1 fully saturated rings. The molecule has 0 amide bonds. The van der Waals surface area contributed by atoms with E-state index >= 15 is 0 Å². The number of nitrogens with one attached hydrogen (secondary N) is 1. The van der Waals surface area contributed by atoms with E-state index < -0.39 is 0 Å². The quantitative estimate of drug-likeness (QED) is 0.285. The highest BCUT2D eigenvalue weighted by atomic mass is 15.1. The summed E-state index contributed by atoms with van der Waals surface area (Å²) in [6.07, 6.45) is 0. The molecule has 0 aromatic heterocycles. The molecule has 0 unspecified atom stereocenters. The molecule has 1 heterocycles. The molecule has 5 aromatic rings. The lowest BCUT2D eigenvalue weighted by Crippen LogP contribution is -2.36. The minimum absolute atomic E-state index is 0.125. The van der Waals surface area contributed by atoms with Crippen LogP contribution >= 0.6 is 0 Å². The Balaban J connectivity index is 1.60. The van der Waals surface area contributed by atoms with E-state index in [1.54, 1.807) is 0 Å². The Morgan fingerprint density at radius 2 is 1.00 bits per heavy atom. The van der Waals surface area contributed by atoms with E-state index in [0.29, 0.717) is 0 Å². The molecule has 36 heavy (non-hydrogen) atoms. The Morgan fingerprint density at radius 1 is 0.500 bits per heavy atom. The third-order valence-electron chi connectivity index (χ3n) is 8.39. The van der Waals surface area contributed by atoms with Gasteiger partial charge in [-0.2, -0.15) is 0 Å². The van der Waals surface area contributed by atoms with Crippen molar-refractivity contribution in [2.45, 2.75) is 30.3 Å². The van der Waals surface area contributed by atoms with Gasteiger partial charge in [-0.25, -0.2) is 0 Å². The Labute approximate surface area is 213 Å². The van der Waals surface area contributed by atoms with Gasteiger partial charge in [0.05, 0.1) is 0 Å². The summed E-state index contributed by atoms with van der Waals surface area (Å²) in [6.45, 7) is 2.17. The normalized spacial score (nSPS) is 21.3. The topological polar surface area (TPSA) is 12.0 Å². The molecule has 2 aliphatic rings. The number of hydrogen-bond donors (Lipinski definition) is 1. The zero-order valence-corrected chi connectivity index (χ0v) is 20.4. The van der Waals surface area contributed by atoms with E-state index in [0.717, 1.165) is 0 Å². The maximum atomic E-state index is 4.20. The van der Waals surface area contributed by atoms with E-state index in [2.05, 4.69) is 146 Å². The molecule has 1 heteroatoms. The van der Waals surface area contributed by atoms with E-state index in [1.807, 2.05) is 0 Å². The van der Waals surface area contributed by atoms with Gasteiger partial charge in [0.1, 0.15) is 0 Å². The number of rotatable bonds is 3. The van der Waals surface area contributed by atoms with Crippen molar-refractivity contribution < 1.29 is 0 Å². The first kappa shape index (κ1) is 21.4. The van der Waals surface area contributed by atoms with Crippen molar-refractivity contribution >= 4 is 0 Å². The standard InChI is InChI=1S/C35H29N/c1-24-20-22-25(23-21-24)32-33(26-12-4-2-5-13-26)36-34(27-14-6-3-7-15-27)35(32)30-18-10-8-16-28(30)29-17-9-11-19-31(29)35/h2-23,32-34,36H,1H3/t32-,33+,34-/m1/s1. The lowest BCUT2D eigenvalue weighted by Gasteiger charge is -2.40. The molecule has 1 aliphatic heterocycles. The van der Waals surface area contributed by atoms with Crippen LogP contribution in [0.2, 0.25) is 0 Å². The highest BCUT2D eigenvalue weighted by molar-refractivity contribution is 5.83. The zero-order chi connectivity index (χ0) is 24.1. The lowest BCUT2D eigenvalue weighted by atomic mass is 9.61. The fourth-order valence-electron chi connectivity index (χ4n) is 6.98. The van der Waals surface area contributed by atoms with Gasteiger partial charge in [0, 0.05) is 23.4 Å². The minimum Gasteiger partial charge on any atom is -0.301 e. The van der Waals surface area contributed by atoms with Gasteiger partial charge in [0.15, 0.2) is 0 Å². The molecule has 0 saturated carbocycles. The molecular weight excluding hydrogens is 434 g/mol. The van der Waals surface area contributed by atoms with Crippen LogP contribution in [0.15, 0.2) is 133 Å². The van der Waals surface area contributed by atoms with Gasteiger partial charge in [0.25, 0.3) is 0 Å². The van der Waals surface area contributed by atoms with Crippen LogP contribution in [-0.2, 0) is 5.41 Å². The Bertz CT molecular complexity index is 1470. The molecule has 0 bridgehead atoms. The van der Waals surface area contributed by atoms with Crippen LogP contribution in [0, 0.1) is 6.92 Å². The van der Waals surface area contributed by atoms with Crippen molar-refractivity contribution in [1.29, 1.82) is 0 Å². The van der Waals surface area contributed by atoms with Gasteiger partial charge in [0.2, 0.25) is 0 Å².